The van der Waals surface area contributed by atoms with Crippen LogP contribution in [0.3, 0.4) is 0 Å². The molecule has 0 unspecified atom stereocenters. The molecule has 0 spiro atoms. The molecule has 2 atom stereocenters. The van der Waals surface area contributed by atoms with Crippen molar-refractivity contribution < 1.29 is 14.2 Å². The number of imidazole rings is 1. The molecule has 0 amide bonds. The summed E-state index contributed by atoms with van der Waals surface area (Å²) in [6.07, 6.45) is 8.55. The summed E-state index contributed by atoms with van der Waals surface area (Å²) in [5, 5.41) is 15.2. The lowest BCUT2D eigenvalue weighted by Gasteiger charge is -2.38. The quantitative estimate of drug-likeness (QED) is 0.391. The number of aliphatic hydroxyl groups excluding tert-OH is 1. The third-order valence-electron chi connectivity index (χ3n) is 7.36. The van der Waals surface area contributed by atoms with Crippen LogP contribution in [0.2, 0.25) is 0 Å². The highest BCUT2D eigenvalue weighted by Crippen LogP contribution is 2.33. The molecule has 2 aliphatic rings. The smallest absolute Gasteiger partial charge is 0.227 e. The molecule has 0 radical (unpaired) electrons. The van der Waals surface area contributed by atoms with Crippen molar-refractivity contribution in [3.8, 4) is 11.4 Å². The fraction of sp³-hybridized carbons (Fsp3) is 0.444. The number of rotatable bonds is 6. The number of hydrogen-bond donors (Lipinski definition) is 2. The lowest BCUT2D eigenvalue weighted by Crippen LogP contribution is -2.52. The summed E-state index contributed by atoms with van der Waals surface area (Å²) in [4.78, 5) is 24.7. The average molecular weight is 519 g/mol. The first kappa shape index (κ1) is 24.6. The van der Waals surface area contributed by atoms with Crippen LogP contribution in [-0.2, 0) is 4.74 Å². The summed E-state index contributed by atoms with van der Waals surface area (Å²) in [7, 11) is 0. The molecule has 2 aliphatic heterocycles. The Balaban J connectivity index is 1.31. The van der Waals surface area contributed by atoms with Crippen LogP contribution in [0.5, 0.6) is 0 Å². The summed E-state index contributed by atoms with van der Waals surface area (Å²) < 4.78 is 22.1. The fourth-order valence-electron chi connectivity index (χ4n) is 4.95. The Labute approximate surface area is 219 Å². The Morgan fingerprint density at radius 3 is 2.71 bits per heavy atom. The Bertz CT molecular complexity index is 1470. The van der Waals surface area contributed by atoms with Crippen LogP contribution in [0.4, 0.5) is 22.0 Å². The van der Waals surface area contributed by atoms with Gasteiger partial charge in [0.15, 0.2) is 5.67 Å². The van der Waals surface area contributed by atoms with Crippen molar-refractivity contribution in [3.63, 3.8) is 0 Å². The molecule has 4 aromatic rings. The minimum absolute atomic E-state index is 0.0307. The summed E-state index contributed by atoms with van der Waals surface area (Å²) in [5.41, 5.74) is 0.976. The van der Waals surface area contributed by atoms with Gasteiger partial charge in [-0.05, 0) is 42.3 Å². The van der Waals surface area contributed by atoms with Gasteiger partial charge in [0.1, 0.15) is 17.3 Å². The zero-order chi connectivity index (χ0) is 26.4. The SMILES string of the molecule is CC(C)c1cnc(-c2cn(C3COC3)cn2)c2cnc(Nc3ccnc(N4CC[C@@H](O)[C@@](C)(F)C4)n3)cc12. The van der Waals surface area contributed by atoms with E-state index >= 15 is 0 Å². The number of pyridine rings is 2. The van der Waals surface area contributed by atoms with Crippen molar-refractivity contribution >= 4 is 28.4 Å². The second kappa shape index (κ2) is 9.55. The van der Waals surface area contributed by atoms with E-state index < -0.39 is 11.8 Å². The number of anilines is 3. The van der Waals surface area contributed by atoms with Crippen LogP contribution in [0.25, 0.3) is 22.2 Å². The first-order valence-electron chi connectivity index (χ1n) is 12.9. The Kier molecular flexibility index (Phi) is 6.19. The molecule has 6 heterocycles. The maximum absolute atomic E-state index is 14.7. The lowest BCUT2D eigenvalue weighted by molar-refractivity contribution is -0.0233. The van der Waals surface area contributed by atoms with Crippen LogP contribution in [-0.4, -0.2) is 72.7 Å². The minimum Gasteiger partial charge on any atom is -0.390 e. The molecule has 198 valence electrons. The molecule has 0 aliphatic carbocycles. The highest BCUT2D eigenvalue weighted by molar-refractivity contribution is 5.96. The fourth-order valence-corrected chi connectivity index (χ4v) is 4.95. The maximum atomic E-state index is 14.7. The first-order valence-corrected chi connectivity index (χ1v) is 12.9. The number of aromatic nitrogens is 6. The summed E-state index contributed by atoms with van der Waals surface area (Å²) >= 11 is 0. The monoisotopic (exact) mass is 518 g/mol. The summed E-state index contributed by atoms with van der Waals surface area (Å²) in [6.45, 7) is 7.60. The van der Waals surface area contributed by atoms with E-state index in [-0.39, 0.29) is 12.5 Å². The Morgan fingerprint density at radius 2 is 1.97 bits per heavy atom. The second-order valence-electron chi connectivity index (χ2n) is 10.6. The van der Waals surface area contributed by atoms with E-state index in [1.165, 1.54) is 6.92 Å². The van der Waals surface area contributed by atoms with Crippen molar-refractivity contribution in [1.82, 2.24) is 29.5 Å². The molecule has 2 fully saturated rings. The van der Waals surface area contributed by atoms with Crippen molar-refractivity contribution in [2.75, 3.05) is 36.5 Å². The number of alkyl halides is 1. The van der Waals surface area contributed by atoms with Crippen LogP contribution < -0.4 is 10.2 Å². The molecule has 2 saturated heterocycles. The molecular formula is C27H31FN8O2. The van der Waals surface area contributed by atoms with Gasteiger partial charge in [0.2, 0.25) is 5.95 Å². The third kappa shape index (κ3) is 4.56. The number of aliphatic hydroxyl groups is 1. The highest BCUT2D eigenvalue weighted by atomic mass is 19.1. The zero-order valence-electron chi connectivity index (χ0n) is 21.7. The molecular weight excluding hydrogens is 487 g/mol. The van der Waals surface area contributed by atoms with Crippen LogP contribution >= 0.6 is 0 Å². The third-order valence-corrected chi connectivity index (χ3v) is 7.36. The number of nitrogens with one attached hydrogen (secondary N) is 1. The number of halogens is 1. The summed E-state index contributed by atoms with van der Waals surface area (Å²) in [5.74, 6) is 1.85. The van der Waals surface area contributed by atoms with E-state index in [4.69, 9.17) is 9.72 Å². The zero-order valence-corrected chi connectivity index (χ0v) is 21.7. The van der Waals surface area contributed by atoms with E-state index in [9.17, 15) is 9.50 Å². The van der Waals surface area contributed by atoms with Gasteiger partial charge in [-0.3, -0.25) is 4.98 Å². The van der Waals surface area contributed by atoms with E-state index in [2.05, 4.69) is 43.7 Å². The van der Waals surface area contributed by atoms with Crippen molar-refractivity contribution in [2.45, 2.75) is 50.9 Å². The molecule has 10 nitrogen and oxygen atoms in total. The topological polar surface area (TPSA) is 114 Å². The number of fused-ring (bicyclic) bond motifs is 1. The molecule has 4 aromatic heterocycles. The number of piperidine rings is 1. The van der Waals surface area contributed by atoms with E-state index in [1.54, 1.807) is 17.2 Å². The average Bonchev–Trinajstić information content (AvgIpc) is 3.33. The number of nitrogens with zero attached hydrogens (tertiary/aromatic N) is 7. The second-order valence-corrected chi connectivity index (χ2v) is 10.6. The Morgan fingerprint density at radius 1 is 1.13 bits per heavy atom. The summed E-state index contributed by atoms with van der Waals surface area (Å²) in [6, 6.07) is 4.07. The van der Waals surface area contributed by atoms with Crippen molar-refractivity contribution in [2.24, 2.45) is 0 Å². The molecule has 0 bridgehead atoms. The van der Waals surface area contributed by atoms with Gasteiger partial charge in [-0.1, -0.05) is 13.8 Å². The molecule has 11 heteroatoms. The standard InChI is InChI=1S/C27H31FN8O2/c1-16(2)19-9-31-25(21-11-36(15-32-21)17-12-38-13-17)20-10-30-24(8-18(19)20)33-23-4-6-29-26(34-23)35-7-5-22(37)27(3,28)14-35/h4,6,8-11,15-17,22,37H,5,7,12-14H2,1-3H3,(H,29,30,33,34)/t22-,27+/m1/s1. The molecule has 0 aromatic carbocycles. The van der Waals surface area contributed by atoms with Crippen LogP contribution in [0.15, 0.2) is 43.2 Å². The Hall–Kier alpha value is -3.70. The van der Waals surface area contributed by atoms with E-state index in [0.717, 1.165) is 27.7 Å². The lowest BCUT2D eigenvalue weighted by atomic mass is 9.94. The minimum atomic E-state index is -1.72. The van der Waals surface area contributed by atoms with Crippen molar-refractivity contribution in [3.05, 3.63) is 48.8 Å². The van der Waals surface area contributed by atoms with E-state index in [1.807, 2.05) is 31.0 Å². The van der Waals surface area contributed by atoms with Crippen molar-refractivity contribution in [1.29, 1.82) is 0 Å². The maximum Gasteiger partial charge on any atom is 0.227 e. The number of hydrogen-bond acceptors (Lipinski definition) is 9. The highest BCUT2D eigenvalue weighted by Gasteiger charge is 2.39. The predicted molar refractivity (Wildman–Crippen MR) is 142 cm³/mol. The van der Waals surface area contributed by atoms with Gasteiger partial charge < -0.3 is 24.6 Å². The van der Waals surface area contributed by atoms with Gasteiger partial charge >= 0.3 is 0 Å². The molecule has 2 N–H and O–H groups in total. The van der Waals surface area contributed by atoms with Gasteiger partial charge in [0, 0.05) is 36.7 Å². The normalized spacial score (nSPS) is 22.2. The van der Waals surface area contributed by atoms with Gasteiger partial charge in [0.05, 0.1) is 43.9 Å². The van der Waals surface area contributed by atoms with Gasteiger partial charge in [-0.25, -0.2) is 19.3 Å². The molecule has 38 heavy (non-hydrogen) atoms. The molecule has 6 rings (SSSR count). The van der Waals surface area contributed by atoms with Crippen LogP contribution in [0.1, 0.15) is 44.7 Å². The van der Waals surface area contributed by atoms with Gasteiger partial charge in [-0.15, -0.1) is 0 Å². The predicted octanol–water partition coefficient (Wildman–Crippen LogP) is 4.02. The number of ether oxygens (including phenoxy) is 1. The van der Waals surface area contributed by atoms with Crippen LogP contribution in [0, 0.1) is 0 Å². The molecule has 0 saturated carbocycles. The van der Waals surface area contributed by atoms with E-state index in [0.29, 0.717) is 49.8 Å². The van der Waals surface area contributed by atoms with Gasteiger partial charge in [0.25, 0.3) is 0 Å². The first-order chi connectivity index (χ1) is 18.3. The largest absolute Gasteiger partial charge is 0.390 e. The van der Waals surface area contributed by atoms with Gasteiger partial charge in [-0.2, -0.15) is 4.98 Å².